The van der Waals surface area contributed by atoms with Gasteiger partial charge in [0.15, 0.2) is 0 Å². The molecule has 3 aromatic rings. The van der Waals surface area contributed by atoms with Crippen molar-refractivity contribution >= 4 is 21.5 Å². The van der Waals surface area contributed by atoms with Crippen LogP contribution in [0.4, 0.5) is 0 Å². The third-order valence-electron chi connectivity index (χ3n) is 4.36. The highest BCUT2D eigenvalue weighted by molar-refractivity contribution is 6.05. The van der Waals surface area contributed by atoms with E-state index in [1.807, 2.05) is 6.07 Å². The van der Waals surface area contributed by atoms with Gasteiger partial charge in [0.2, 0.25) is 0 Å². The van der Waals surface area contributed by atoms with E-state index in [1.54, 1.807) is 7.11 Å². The second kappa shape index (κ2) is 7.54. The average Bonchev–Trinajstić information content (AvgIpc) is 2.60. The molecular weight excluding hydrogens is 298 g/mol. The minimum absolute atomic E-state index is 0.708. The molecule has 2 N–H and O–H groups in total. The SMILES string of the molecule is COc1ccc2cc3ccc(C)cc3c(OCCCCCN)c2c1. The van der Waals surface area contributed by atoms with E-state index >= 15 is 0 Å². The molecule has 3 nitrogen and oxygen atoms in total. The van der Waals surface area contributed by atoms with Crippen molar-refractivity contribution in [2.24, 2.45) is 5.73 Å². The maximum Gasteiger partial charge on any atom is 0.135 e. The molecule has 126 valence electrons. The zero-order valence-electron chi connectivity index (χ0n) is 14.5. The van der Waals surface area contributed by atoms with E-state index in [1.165, 1.54) is 16.3 Å². The lowest BCUT2D eigenvalue weighted by Crippen LogP contribution is -2.02. The second-order valence-corrected chi connectivity index (χ2v) is 6.22. The Morgan fingerprint density at radius 1 is 0.875 bits per heavy atom. The number of hydrogen-bond donors (Lipinski definition) is 1. The number of benzene rings is 3. The van der Waals surface area contributed by atoms with Crippen LogP contribution in [0.5, 0.6) is 11.5 Å². The van der Waals surface area contributed by atoms with Gasteiger partial charge in [-0.3, -0.25) is 0 Å². The molecule has 3 aromatic carbocycles. The summed E-state index contributed by atoms with van der Waals surface area (Å²) in [5.41, 5.74) is 6.80. The number of rotatable bonds is 7. The fourth-order valence-corrected chi connectivity index (χ4v) is 3.04. The van der Waals surface area contributed by atoms with Gasteiger partial charge in [-0.05, 0) is 67.8 Å². The van der Waals surface area contributed by atoms with Crippen LogP contribution in [0.3, 0.4) is 0 Å². The van der Waals surface area contributed by atoms with Gasteiger partial charge in [-0.25, -0.2) is 0 Å². The molecule has 0 atom stereocenters. The molecule has 0 saturated heterocycles. The Bertz CT molecular complexity index is 842. The molecule has 3 rings (SSSR count). The fraction of sp³-hybridized carbons (Fsp3) is 0.333. The molecule has 0 fully saturated rings. The first kappa shape index (κ1) is 16.6. The topological polar surface area (TPSA) is 44.5 Å². The zero-order valence-corrected chi connectivity index (χ0v) is 14.5. The van der Waals surface area contributed by atoms with Gasteiger partial charge in [-0.15, -0.1) is 0 Å². The monoisotopic (exact) mass is 323 g/mol. The molecule has 0 aliphatic rings. The van der Waals surface area contributed by atoms with Gasteiger partial charge >= 0.3 is 0 Å². The van der Waals surface area contributed by atoms with Crippen LogP contribution in [-0.2, 0) is 0 Å². The number of hydrogen-bond acceptors (Lipinski definition) is 3. The van der Waals surface area contributed by atoms with Crippen molar-refractivity contribution in [2.45, 2.75) is 26.2 Å². The van der Waals surface area contributed by atoms with Gasteiger partial charge in [0.1, 0.15) is 11.5 Å². The number of nitrogens with two attached hydrogens (primary N) is 1. The van der Waals surface area contributed by atoms with E-state index in [-0.39, 0.29) is 0 Å². The molecule has 0 aromatic heterocycles. The number of unbranched alkanes of at least 4 members (excludes halogenated alkanes) is 2. The van der Waals surface area contributed by atoms with Crippen LogP contribution in [0.25, 0.3) is 21.5 Å². The summed E-state index contributed by atoms with van der Waals surface area (Å²) in [6, 6.07) is 14.9. The Labute approximate surface area is 143 Å². The Kier molecular flexibility index (Phi) is 5.21. The summed E-state index contributed by atoms with van der Waals surface area (Å²) in [5, 5.41) is 4.64. The molecule has 0 spiro atoms. The minimum Gasteiger partial charge on any atom is -0.497 e. The van der Waals surface area contributed by atoms with E-state index in [0.717, 1.165) is 48.1 Å². The number of ether oxygens (including phenoxy) is 2. The highest BCUT2D eigenvalue weighted by Gasteiger charge is 2.10. The highest BCUT2D eigenvalue weighted by atomic mass is 16.5. The third kappa shape index (κ3) is 3.46. The van der Waals surface area contributed by atoms with Crippen molar-refractivity contribution in [3.05, 3.63) is 48.0 Å². The van der Waals surface area contributed by atoms with Gasteiger partial charge in [-0.2, -0.15) is 0 Å². The molecule has 0 aliphatic carbocycles. The maximum atomic E-state index is 6.24. The van der Waals surface area contributed by atoms with E-state index in [0.29, 0.717) is 6.61 Å². The Hall–Kier alpha value is -2.26. The van der Waals surface area contributed by atoms with Gasteiger partial charge in [0, 0.05) is 10.8 Å². The van der Waals surface area contributed by atoms with Crippen LogP contribution in [0.2, 0.25) is 0 Å². The molecule has 3 heteroatoms. The van der Waals surface area contributed by atoms with Crippen LogP contribution < -0.4 is 15.2 Å². The van der Waals surface area contributed by atoms with Gasteiger partial charge < -0.3 is 15.2 Å². The lowest BCUT2D eigenvalue weighted by molar-refractivity contribution is 0.312. The number of aryl methyl sites for hydroxylation is 1. The largest absolute Gasteiger partial charge is 0.497 e. The molecule has 0 bridgehead atoms. The summed E-state index contributed by atoms with van der Waals surface area (Å²) < 4.78 is 11.6. The summed E-state index contributed by atoms with van der Waals surface area (Å²) in [7, 11) is 1.69. The zero-order chi connectivity index (χ0) is 16.9. The summed E-state index contributed by atoms with van der Waals surface area (Å²) >= 11 is 0. The normalized spacial score (nSPS) is 11.1. The second-order valence-electron chi connectivity index (χ2n) is 6.22. The Balaban J connectivity index is 2.05. The third-order valence-corrected chi connectivity index (χ3v) is 4.36. The van der Waals surface area contributed by atoms with Gasteiger partial charge in [0.05, 0.1) is 13.7 Å². The lowest BCUT2D eigenvalue weighted by Gasteiger charge is -2.14. The van der Waals surface area contributed by atoms with Crippen LogP contribution >= 0.6 is 0 Å². The van der Waals surface area contributed by atoms with Crippen molar-refractivity contribution in [1.82, 2.24) is 0 Å². The summed E-state index contributed by atoms with van der Waals surface area (Å²) in [6.07, 6.45) is 3.17. The Morgan fingerprint density at radius 3 is 2.38 bits per heavy atom. The van der Waals surface area contributed by atoms with E-state index < -0.39 is 0 Å². The van der Waals surface area contributed by atoms with E-state index in [4.69, 9.17) is 15.2 Å². The van der Waals surface area contributed by atoms with Crippen molar-refractivity contribution in [1.29, 1.82) is 0 Å². The molecule has 0 radical (unpaired) electrons. The lowest BCUT2D eigenvalue weighted by atomic mass is 10.0. The van der Waals surface area contributed by atoms with E-state index in [2.05, 4.69) is 43.3 Å². The first-order chi connectivity index (χ1) is 11.7. The summed E-state index contributed by atoms with van der Waals surface area (Å²) in [4.78, 5) is 0. The first-order valence-corrected chi connectivity index (χ1v) is 8.57. The van der Waals surface area contributed by atoms with Crippen molar-refractivity contribution in [3.8, 4) is 11.5 Å². The standard InChI is InChI=1S/C21H25NO2/c1-15-6-7-16-13-17-8-9-18(23-2)14-20(17)21(19(16)12-15)24-11-5-3-4-10-22/h6-9,12-14H,3-5,10-11,22H2,1-2H3. The maximum absolute atomic E-state index is 6.24. The van der Waals surface area contributed by atoms with E-state index in [9.17, 15) is 0 Å². The van der Waals surface area contributed by atoms with Crippen LogP contribution in [-0.4, -0.2) is 20.3 Å². The van der Waals surface area contributed by atoms with Crippen molar-refractivity contribution < 1.29 is 9.47 Å². The molecular formula is C21H25NO2. The predicted octanol–water partition coefficient (Wildman–Crippen LogP) is 4.82. The van der Waals surface area contributed by atoms with Crippen molar-refractivity contribution in [2.75, 3.05) is 20.3 Å². The molecule has 0 unspecified atom stereocenters. The molecule has 0 aliphatic heterocycles. The quantitative estimate of drug-likeness (QED) is 0.501. The van der Waals surface area contributed by atoms with Crippen molar-refractivity contribution in [3.63, 3.8) is 0 Å². The Morgan fingerprint density at radius 2 is 1.62 bits per heavy atom. The molecule has 0 heterocycles. The fourth-order valence-electron chi connectivity index (χ4n) is 3.04. The average molecular weight is 323 g/mol. The van der Waals surface area contributed by atoms with Crippen LogP contribution in [0.1, 0.15) is 24.8 Å². The number of methoxy groups -OCH3 is 1. The summed E-state index contributed by atoms with van der Waals surface area (Å²) in [5.74, 6) is 1.81. The minimum atomic E-state index is 0.708. The number of fused-ring (bicyclic) bond motifs is 2. The van der Waals surface area contributed by atoms with Gasteiger partial charge in [0.25, 0.3) is 0 Å². The van der Waals surface area contributed by atoms with Crippen LogP contribution in [0.15, 0.2) is 42.5 Å². The molecule has 0 amide bonds. The molecule has 0 saturated carbocycles. The van der Waals surface area contributed by atoms with Gasteiger partial charge in [-0.1, -0.05) is 23.8 Å². The molecule has 24 heavy (non-hydrogen) atoms. The smallest absolute Gasteiger partial charge is 0.135 e. The predicted molar refractivity (Wildman–Crippen MR) is 101 cm³/mol. The highest BCUT2D eigenvalue weighted by Crippen LogP contribution is 2.37. The van der Waals surface area contributed by atoms with Crippen LogP contribution in [0, 0.1) is 6.92 Å². The summed E-state index contributed by atoms with van der Waals surface area (Å²) in [6.45, 7) is 3.56. The first-order valence-electron chi connectivity index (χ1n) is 8.57.